The van der Waals surface area contributed by atoms with Crippen LogP contribution in [0.25, 0.3) is 21.8 Å². The summed E-state index contributed by atoms with van der Waals surface area (Å²) in [6.07, 6.45) is 2.17. The molecular weight excluding hydrogens is 370 g/mol. The Morgan fingerprint density at radius 1 is 0.700 bits per heavy atom. The average molecular weight is 408 g/mol. The van der Waals surface area contributed by atoms with Crippen molar-refractivity contribution in [3.8, 4) is 11.5 Å². The van der Waals surface area contributed by atoms with Gasteiger partial charge in [-0.3, -0.25) is 0 Å². The van der Waals surface area contributed by atoms with Gasteiger partial charge in [-0.15, -0.1) is 0 Å². The van der Waals surface area contributed by atoms with Crippen LogP contribution in [0.2, 0.25) is 0 Å². The van der Waals surface area contributed by atoms with Crippen LogP contribution in [0.4, 0.5) is 0 Å². The lowest BCUT2D eigenvalue weighted by molar-refractivity contribution is 0.0500. The summed E-state index contributed by atoms with van der Waals surface area (Å²) in [6, 6.07) is 14.6. The molecule has 1 heterocycles. The van der Waals surface area contributed by atoms with E-state index in [1.165, 1.54) is 0 Å². The molecule has 162 valence electrons. The van der Waals surface area contributed by atoms with Crippen molar-refractivity contribution in [1.29, 1.82) is 0 Å². The SMILES string of the molecule is CCC(C)C(C)(C)Oc1ccc2cc3ccc(OC(C)(C)C(C)CC)cc3nc2c1. The molecule has 3 aromatic rings. The second-order valence-electron chi connectivity index (χ2n) is 9.73. The minimum atomic E-state index is -0.220. The van der Waals surface area contributed by atoms with Gasteiger partial charge >= 0.3 is 0 Å². The molecule has 30 heavy (non-hydrogen) atoms. The van der Waals surface area contributed by atoms with Gasteiger partial charge < -0.3 is 9.47 Å². The number of nitrogens with zero attached hydrogens (tertiary/aromatic N) is 1. The van der Waals surface area contributed by atoms with Crippen LogP contribution < -0.4 is 9.47 Å². The van der Waals surface area contributed by atoms with Gasteiger partial charge in [0, 0.05) is 22.9 Å². The van der Waals surface area contributed by atoms with Gasteiger partial charge in [-0.25, -0.2) is 4.98 Å². The number of hydrogen-bond acceptors (Lipinski definition) is 3. The van der Waals surface area contributed by atoms with Gasteiger partial charge in [0.15, 0.2) is 0 Å². The largest absolute Gasteiger partial charge is 0.488 e. The Morgan fingerprint density at radius 2 is 1.10 bits per heavy atom. The van der Waals surface area contributed by atoms with Crippen molar-refractivity contribution in [3.63, 3.8) is 0 Å². The molecule has 2 atom stereocenters. The Kier molecular flexibility index (Phi) is 6.31. The fraction of sp³-hybridized carbons (Fsp3) is 0.519. The molecule has 1 aromatic heterocycles. The summed E-state index contributed by atoms with van der Waals surface area (Å²) in [5.74, 6) is 2.66. The van der Waals surface area contributed by atoms with Crippen molar-refractivity contribution in [3.05, 3.63) is 42.5 Å². The highest BCUT2D eigenvalue weighted by Gasteiger charge is 2.27. The van der Waals surface area contributed by atoms with E-state index >= 15 is 0 Å². The first-order valence-electron chi connectivity index (χ1n) is 11.3. The lowest BCUT2D eigenvalue weighted by Crippen LogP contribution is -2.35. The third-order valence-electron chi connectivity index (χ3n) is 6.92. The summed E-state index contributed by atoms with van der Waals surface area (Å²) in [7, 11) is 0. The molecule has 3 rings (SSSR count). The Morgan fingerprint density at radius 3 is 1.47 bits per heavy atom. The van der Waals surface area contributed by atoms with Crippen molar-refractivity contribution < 1.29 is 9.47 Å². The first kappa shape index (κ1) is 22.4. The van der Waals surface area contributed by atoms with E-state index in [-0.39, 0.29) is 11.2 Å². The van der Waals surface area contributed by atoms with Gasteiger partial charge in [-0.1, -0.05) is 27.7 Å². The average Bonchev–Trinajstić information content (AvgIpc) is 2.70. The highest BCUT2D eigenvalue weighted by molar-refractivity contribution is 5.93. The standard InChI is InChI=1S/C27H37NO2/c1-9-18(3)26(5,6)29-22-13-11-20-15-21-12-14-23(17-25(21)28-24(20)16-22)30-27(7,8)19(4)10-2/h11-19H,9-10H2,1-8H3. The number of benzene rings is 2. The molecule has 0 N–H and O–H groups in total. The molecule has 0 spiro atoms. The van der Waals surface area contributed by atoms with Crippen molar-refractivity contribution in [2.45, 2.75) is 79.4 Å². The van der Waals surface area contributed by atoms with Crippen LogP contribution in [0.3, 0.4) is 0 Å². The zero-order chi connectivity index (χ0) is 22.1. The third-order valence-corrected chi connectivity index (χ3v) is 6.92. The van der Waals surface area contributed by atoms with E-state index < -0.39 is 0 Å². The van der Waals surface area contributed by atoms with E-state index in [0.717, 1.165) is 46.1 Å². The summed E-state index contributed by atoms with van der Waals surface area (Å²) < 4.78 is 12.7. The second-order valence-corrected chi connectivity index (χ2v) is 9.73. The quantitative estimate of drug-likeness (QED) is 0.357. The van der Waals surface area contributed by atoms with Crippen LogP contribution in [-0.2, 0) is 0 Å². The number of rotatable bonds is 8. The summed E-state index contributed by atoms with van der Waals surface area (Å²) in [5.41, 5.74) is 1.44. The lowest BCUT2D eigenvalue weighted by atomic mass is 9.90. The molecule has 0 saturated heterocycles. The molecular formula is C27H37NO2. The third kappa shape index (κ3) is 4.71. The fourth-order valence-corrected chi connectivity index (χ4v) is 3.70. The molecule has 0 aliphatic carbocycles. The molecule has 2 aromatic carbocycles. The normalized spacial score (nSPS) is 14.7. The lowest BCUT2D eigenvalue weighted by Gasteiger charge is -2.32. The Balaban J connectivity index is 1.94. The van der Waals surface area contributed by atoms with Crippen LogP contribution in [0.5, 0.6) is 11.5 Å². The molecule has 3 heteroatoms. The van der Waals surface area contributed by atoms with E-state index in [9.17, 15) is 0 Å². The summed E-state index contributed by atoms with van der Waals surface area (Å²) in [4.78, 5) is 4.93. The van der Waals surface area contributed by atoms with Crippen molar-refractivity contribution in [1.82, 2.24) is 4.98 Å². The summed E-state index contributed by atoms with van der Waals surface area (Å²) in [5, 5.41) is 2.23. The van der Waals surface area contributed by atoms with Crippen LogP contribution in [0.15, 0.2) is 42.5 Å². The van der Waals surface area contributed by atoms with Crippen molar-refractivity contribution in [2.75, 3.05) is 0 Å². The smallest absolute Gasteiger partial charge is 0.122 e. The van der Waals surface area contributed by atoms with E-state index in [0.29, 0.717) is 11.8 Å². The monoisotopic (exact) mass is 407 g/mol. The molecule has 2 unspecified atom stereocenters. The predicted molar refractivity (Wildman–Crippen MR) is 128 cm³/mol. The molecule has 0 saturated carbocycles. The van der Waals surface area contributed by atoms with Gasteiger partial charge in [0.25, 0.3) is 0 Å². The van der Waals surface area contributed by atoms with Crippen molar-refractivity contribution in [2.24, 2.45) is 11.8 Å². The van der Waals surface area contributed by atoms with E-state index in [1.54, 1.807) is 0 Å². The van der Waals surface area contributed by atoms with Crippen LogP contribution in [0.1, 0.15) is 68.2 Å². The van der Waals surface area contributed by atoms with Crippen LogP contribution >= 0.6 is 0 Å². The van der Waals surface area contributed by atoms with Crippen LogP contribution in [0, 0.1) is 11.8 Å². The summed E-state index contributed by atoms with van der Waals surface area (Å²) >= 11 is 0. The number of hydrogen-bond donors (Lipinski definition) is 0. The summed E-state index contributed by atoms with van der Waals surface area (Å²) in [6.45, 7) is 17.5. The van der Waals surface area contributed by atoms with Gasteiger partial charge in [0.2, 0.25) is 0 Å². The predicted octanol–water partition coefficient (Wildman–Crippen LogP) is 7.80. The highest BCUT2D eigenvalue weighted by Crippen LogP contribution is 2.32. The fourth-order valence-electron chi connectivity index (χ4n) is 3.70. The van der Waals surface area contributed by atoms with E-state index in [4.69, 9.17) is 14.5 Å². The first-order chi connectivity index (χ1) is 14.1. The molecule has 0 aliphatic heterocycles. The maximum absolute atomic E-state index is 6.34. The van der Waals surface area contributed by atoms with Gasteiger partial charge in [-0.05, 0) is 82.7 Å². The Hall–Kier alpha value is -2.29. The molecule has 0 amide bonds. The molecule has 0 bridgehead atoms. The number of aromatic nitrogens is 1. The molecule has 0 aliphatic rings. The number of pyridine rings is 1. The molecule has 0 radical (unpaired) electrons. The van der Waals surface area contributed by atoms with Crippen LogP contribution in [-0.4, -0.2) is 16.2 Å². The van der Waals surface area contributed by atoms with Gasteiger partial charge in [0.05, 0.1) is 11.0 Å². The zero-order valence-electron chi connectivity index (χ0n) is 19.9. The van der Waals surface area contributed by atoms with Crippen molar-refractivity contribution >= 4 is 21.8 Å². The van der Waals surface area contributed by atoms with E-state index in [1.807, 2.05) is 12.1 Å². The first-order valence-corrected chi connectivity index (χ1v) is 11.3. The topological polar surface area (TPSA) is 31.4 Å². The maximum Gasteiger partial charge on any atom is 0.122 e. The molecule has 0 fully saturated rings. The molecule has 3 nitrogen and oxygen atoms in total. The van der Waals surface area contributed by atoms with E-state index in [2.05, 4.69) is 85.7 Å². The minimum Gasteiger partial charge on any atom is -0.488 e. The highest BCUT2D eigenvalue weighted by atomic mass is 16.5. The minimum absolute atomic E-state index is 0.220. The van der Waals surface area contributed by atoms with Gasteiger partial charge in [-0.2, -0.15) is 0 Å². The number of fused-ring (bicyclic) bond motifs is 2. The second kappa shape index (κ2) is 8.45. The Bertz CT molecular complexity index is 943. The van der Waals surface area contributed by atoms with Gasteiger partial charge in [0.1, 0.15) is 22.7 Å². The number of ether oxygens (including phenoxy) is 2. The maximum atomic E-state index is 6.34. The Labute approximate surface area is 181 Å². The zero-order valence-corrected chi connectivity index (χ0v) is 19.9.